The highest BCUT2D eigenvalue weighted by Gasteiger charge is 2.34. The van der Waals surface area contributed by atoms with Crippen LogP contribution >= 0.6 is 11.6 Å². The molecule has 1 aliphatic heterocycles. The number of benzene rings is 1. The molecule has 3 unspecified atom stereocenters. The third kappa shape index (κ3) is 3.34. The molecule has 1 amide bonds. The Morgan fingerprint density at radius 3 is 2.70 bits per heavy atom. The molecule has 1 aromatic heterocycles. The van der Waals surface area contributed by atoms with Crippen LogP contribution < -0.4 is 16.2 Å². The average molecular weight is 335 g/mol. The van der Waals surface area contributed by atoms with E-state index in [1.54, 1.807) is 12.4 Å². The van der Waals surface area contributed by atoms with E-state index in [2.05, 4.69) is 21.2 Å². The summed E-state index contributed by atoms with van der Waals surface area (Å²) in [6.45, 7) is 2.02. The molecule has 0 saturated carbocycles. The molecule has 120 valence electrons. The lowest BCUT2D eigenvalue weighted by molar-refractivity contribution is 0.0923. The molecule has 2 aromatic rings. The average Bonchev–Trinajstić information content (AvgIpc) is 2.89. The number of carbonyl (C=O) groups excluding carboxylic acids is 1. The molecule has 0 spiro atoms. The summed E-state index contributed by atoms with van der Waals surface area (Å²) < 4.78 is 13.1. The number of aromatic nitrogens is 1. The Kier molecular flexibility index (Phi) is 4.56. The smallest absolute Gasteiger partial charge is 0.254 e. The van der Waals surface area contributed by atoms with E-state index in [0.29, 0.717) is 0 Å². The second-order valence-electron chi connectivity index (χ2n) is 5.48. The number of pyridine rings is 1. The Morgan fingerprint density at radius 1 is 1.26 bits per heavy atom. The van der Waals surface area contributed by atoms with Crippen molar-refractivity contribution in [2.75, 3.05) is 0 Å². The van der Waals surface area contributed by atoms with Crippen molar-refractivity contribution in [2.24, 2.45) is 5.92 Å². The van der Waals surface area contributed by atoms with Crippen LogP contribution in [-0.4, -0.2) is 17.1 Å². The minimum Gasteiger partial charge on any atom is -0.335 e. The molecule has 1 fully saturated rings. The normalized spacial score (nSPS) is 23.7. The highest BCUT2D eigenvalue weighted by Crippen LogP contribution is 2.27. The predicted molar refractivity (Wildman–Crippen MR) is 85.1 cm³/mol. The monoisotopic (exact) mass is 334 g/mol. The summed E-state index contributed by atoms with van der Waals surface area (Å²) in [5.74, 6) is -0.726. The fourth-order valence-corrected chi connectivity index (χ4v) is 2.91. The van der Waals surface area contributed by atoms with Gasteiger partial charge in [-0.05, 0) is 35.9 Å². The van der Waals surface area contributed by atoms with Gasteiger partial charge in [0.25, 0.3) is 5.91 Å². The van der Waals surface area contributed by atoms with Gasteiger partial charge in [0, 0.05) is 18.3 Å². The maximum absolute atomic E-state index is 13.1. The molecule has 3 N–H and O–H groups in total. The van der Waals surface area contributed by atoms with Crippen molar-refractivity contribution in [1.29, 1.82) is 0 Å². The van der Waals surface area contributed by atoms with Crippen LogP contribution in [0.25, 0.3) is 0 Å². The van der Waals surface area contributed by atoms with Gasteiger partial charge in [-0.15, -0.1) is 0 Å². The van der Waals surface area contributed by atoms with Crippen molar-refractivity contribution in [3.63, 3.8) is 0 Å². The standard InChI is InChI=1S/C16H16ClFN4O/c1-9-14(10-4-6-19-7-5-10)21-22-15(9)20-16(23)12-3-2-11(18)8-13(12)17/h2-9,14-15,21-22H,1H3,(H,20,23). The fraction of sp³-hybridized carbons (Fsp3) is 0.250. The Balaban J connectivity index is 1.70. The van der Waals surface area contributed by atoms with E-state index in [1.807, 2.05) is 19.1 Å². The lowest BCUT2D eigenvalue weighted by Crippen LogP contribution is -2.46. The largest absolute Gasteiger partial charge is 0.335 e. The molecule has 3 rings (SSSR count). The minimum atomic E-state index is -0.474. The van der Waals surface area contributed by atoms with Gasteiger partial charge in [-0.2, -0.15) is 0 Å². The van der Waals surface area contributed by atoms with Gasteiger partial charge in [-0.3, -0.25) is 9.78 Å². The van der Waals surface area contributed by atoms with Gasteiger partial charge in [-0.25, -0.2) is 15.2 Å². The van der Waals surface area contributed by atoms with Gasteiger partial charge in [0.2, 0.25) is 0 Å². The zero-order chi connectivity index (χ0) is 16.4. The second kappa shape index (κ2) is 6.62. The van der Waals surface area contributed by atoms with Crippen LogP contribution in [-0.2, 0) is 0 Å². The Bertz CT molecular complexity index is 712. The Hall–Kier alpha value is -2.02. The fourth-order valence-electron chi connectivity index (χ4n) is 2.65. The van der Waals surface area contributed by atoms with E-state index in [0.717, 1.165) is 11.6 Å². The molecule has 1 aliphatic rings. The van der Waals surface area contributed by atoms with Gasteiger partial charge in [0.1, 0.15) is 5.82 Å². The maximum Gasteiger partial charge on any atom is 0.254 e. The summed E-state index contributed by atoms with van der Waals surface area (Å²) >= 11 is 5.93. The predicted octanol–water partition coefficient (Wildman–Crippen LogP) is 2.42. The first-order valence-corrected chi connectivity index (χ1v) is 7.61. The minimum absolute atomic E-state index is 0.0481. The number of hydrogen-bond donors (Lipinski definition) is 3. The van der Waals surface area contributed by atoms with Crippen molar-refractivity contribution in [3.8, 4) is 0 Å². The summed E-state index contributed by atoms with van der Waals surface area (Å²) in [4.78, 5) is 16.3. The molecule has 0 aliphatic carbocycles. The number of amides is 1. The van der Waals surface area contributed by atoms with Crippen molar-refractivity contribution >= 4 is 17.5 Å². The number of hydrogen-bond acceptors (Lipinski definition) is 4. The molecule has 7 heteroatoms. The molecule has 0 bridgehead atoms. The summed E-state index contributed by atoms with van der Waals surface area (Å²) in [6, 6.07) is 7.62. The molecule has 2 heterocycles. The summed E-state index contributed by atoms with van der Waals surface area (Å²) in [6.07, 6.45) is 3.18. The number of halogens is 2. The lowest BCUT2D eigenvalue weighted by atomic mass is 9.95. The van der Waals surface area contributed by atoms with Crippen molar-refractivity contribution < 1.29 is 9.18 Å². The summed E-state index contributed by atoms with van der Waals surface area (Å²) in [5, 5.41) is 2.96. The van der Waals surface area contributed by atoms with Gasteiger partial charge < -0.3 is 5.32 Å². The maximum atomic E-state index is 13.1. The van der Waals surface area contributed by atoms with Crippen LogP contribution in [0.4, 0.5) is 4.39 Å². The highest BCUT2D eigenvalue weighted by molar-refractivity contribution is 6.33. The van der Waals surface area contributed by atoms with E-state index < -0.39 is 5.82 Å². The number of nitrogens with zero attached hydrogens (tertiary/aromatic N) is 1. The van der Waals surface area contributed by atoms with Crippen LogP contribution in [0.2, 0.25) is 5.02 Å². The van der Waals surface area contributed by atoms with Crippen molar-refractivity contribution in [1.82, 2.24) is 21.2 Å². The zero-order valence-corrected chi connectivity index (χ0v) is 13.1. The number of hydrazine groups is 1. The number of nitrogens with one attached hydrogen (secondary N) is 3. The molecule has 23 heavy (non-hydrogen) atoms. The molecule has 1 saturated heterocycles. The van der Waals surface area contributed by atoms with Crippen LogP contribution in [0.1, 0.15) is 28.9 Å². The van der Waals surface area contributed by atoms with Gasteiger partial charge in [0.05, 0.1) is 22.8 Å². The first-order valence-electron chi connectivity index (χ1n) is 7.23. The third-order valence-corrected chi connectivity index (χ3v) is 4.29. The van der Waals surface area contributed by atoms with Crippen LogP contribution in [0, 0.1) is 11.7 Å². The van der Waals surface area contributed by atoms with Crippen LogP contribution in [0.3, 0.4) is 0 Å². The van der Waals surface area contributed by atoms with Crippen LogP contribution in [0.15, 0.2) is 42.7 Å². The summed E-state index contributed by atoms with van der Waals surface area (Å²) in [7, 11) is 0. The molecule has 3 atom stereocenters. The topological polar surface area (TPSA) is 66.1 Å². The van der Waals surface area contributed by atoms with Crippen molar-refractivity contribution in [2.45, 2.75) is 19.1 Å². The second-order valence-corrected chi connectivity index (χ2v) is 5.89. The van der Waals surface area contributed by atoms with Crippen molar-refractivity contribution in [3.05, 3.63) is 64.7 Å². The third-order valence-electron chi connectivity index (χ3n) is 3.97. The van der Waals surface area contributed by atoms with E-state index in [1.165, 1.54) is 12.1 Å². The first-order chi connectivity index (χ1) is 11.1. The SMILES string of the molecule is CC1C(NC(=O)c2ccc(F)cc2Cl)NNC1c1ccncc1. The first kappa shape index (κ1) is 15.9. The van der Waals surface area contributed by atoms with Gasteiger partial charge in [-0.1, -0.05) is 18.5 Å². The van der Waals surface area contributed by atoms with Crippen LogP contribution in [0.5, 0.6) is 0 Å². The molecule has 0 radical (unpaired) electrons. The number of carbonyl (C=O) groups is 1. The van der Waals surface area contributed by atoms with E-state index >= 15 is 0 Å². The highest BCUT2D eigenvalue weighted by atomic mass is 35.5. The molecule has 5 nitrogen and oxygen atoms in total. The van der Waals surface area contributed by atoms with E-state index in [-0.39, 0.29) is 34.6 Å². The quantitative estimate of drug-likeness (QED) is 0.806. The number of rotatable bonds is 3. The summed E-state index contributed by atoms with van der Waals surface area (Å²) in [5.41, 5.74) is 7.56. The molecular formula is C16H16ClFN4O. The lowest BCUT2D eigenvalue weighted by Gasteiger charge is -2.20. The molecule has 1 aromatic carbocycles. The van der Waals surface area contributed by atoms with Gasteiger partial charge in [0.15, 0.2) is 0 Å². The van der Waals surface area contributed by atoms with Gasteiger partial charge >= 0.3 is 0 Å². The van der Waals surface area contributed by atoms with E-state index in [4.69, 9.17) is 11.6 Å². The van der Waals surface area contributed by atoms with E-state index in [9.17, 15) is 9.18 Å². The Labute approximate surface area is 138 Å². The zero-order valence-electron chi connectivity index (χ0n) is 12.4. The molecular weight excluding hydrogens is 319 g/mol. The Morgan fingerprint density at radius 2 is 2.00 bits per heavy atom.